The summed E-state index contributed by atoms with van der Waals surface area (Å²) < 4.78 is 7.12. The minimum Gasteiger partial charge on any atom is -0.494 e. The molecule has 143 valence electrons. The van der Waals surface area contributed by atoms with Crippen LogP contribution in [0.25, 0.3) is 11.1 Å². The quantitative estimate of drug-likeness (QED) is 0.628. The zero-order valence-electron chi connectivity index (χ0n) is 17.6. The van der Waals surface area contributed by atoms with E-state index in [1.807, 2.05) is 52.0 Å². The molecule has 0 unspecified atom stereocenters. The maximum atomic E-state index is 12.8. The van der Waals surface area contributed by atoms with Gasteiger partial charge in [-0.05, 0) is 37.3 Å². The number of nitrogens with zero attached hydrogens (tertiary/aromatic N) is 2. The summed E-state index contributed by atoms with van der Waals surface area (Å²) in [5.41, 5.74) is 3.34. The first-order valence-corrected chi connectivity index (χ1v) is 8.73. The van der Waals surface area contributed by atoms with Gasteiger partial charge in [-0.1, -0.05) is 52.0 Å². The Balaban J connectivity index is 0. The van der Waals surface area contributed by atoms with E-state index in [-0.39, 0.29) is 45.7 Å². The van der Waals surface area contributed by atoms with Gasteiger partial charge in [-0.15, -0.1) is 0 Å². The van der Waals surface area contributed by atoms with Crippen LogP contribution < -0.4 is 10.3 Å². The summed E-state index contributed by atoms with van der Waals surface area (Å²) in [7, 11) is 1.61. The van der Waals surface area contributed by atoms with Crippen molar-refractivity contribution in [1.82, 2.24) is 9.78 Å². The first-order chi connectivity index (χ1) is 11.5. The number of aromatic nitrogens is 2. The SMILES string of the molecule is CC.CCn1nc(CC(C)C)c(OC)c(-c2ccccc2C)c1=O.[CH3-].[Y]. The molecule has 1 aromatic heterocycles. The average molecular weight is 434 g/mol. The molecule has 1 radical (unpaired) electrons. The van der Waals surface area contributed by atoms with Crippen LogP contribution in [-0.2, 0) is 45.7 Å². The summed E-state index contributed by atoms with van der Waals surface area (Å²) in [5, 5.41) is 4.50. The summed E-state index contributed by atoms with van der Waals surface area (Å²) in [5.74, 6) is 1.05. The second kappa shape index (κ2) is 13.2. The van der Waals surface area contributed by atoms with Crippen LogP contribution in [0.4, 0.5) is 0 Å². The largest absolute Gasteiger partial charge is 0.494 e. The van der Waals surface area contributed by atoms with Crippen LogP contribution in [0.5, 0.6) is 5.75 Å². The van der Waals surface area contributed by atoms with Crippen LogP contribution in [0.15, 0.2) is 29.1 Å². The van der Waals surface area contributed by atoms with Crippen LogP contribution in [0.3, 0.4) is 0 Å². The molecule has 0 saturated heterocycles. The third kappa shape index (κ3) is 6.31. The minimum atomic E-state index is -0.0962. The van der Waals surface area contributed by atoms with E-state index in [1.54, 1.807) is 7.11 Å². The molecule has 2 rings (SSSR count). The Labute approximate surface area is 184 Å². The number of ether oxygens (including phenoxy) is 1. The van der Waals surface area contributed by atoms with Gasteiger partial charge in [-0.3, -0.25) is 4.79 Å². The third-order valence-electron chi connectivity index (χ3n) is 3.70. The van der Waals surface area contributed by atoms with E-state index in [0.717, 1.165) is 23.2 Å². The summed E-state index contributed by atoms with van der Waals surface area (Å²) in [6, 6.07) is 7.89. The van der Waals surface area contributed by atoms with Crippen molar-refractivity contribution in [3.63, 3.8) is 0 Å². The van der Waals surface area contributed by atoms with Gasteiger partial charge >= 0.3 is 0 Å². The van der Waals surface area contributed by atoms with E-state index in [1.165, 1.54) is 4.68 Å². The molecule has 0 saturated carbocycles. The van der Waals surface area contributed by atoms with Crippen molar-refractivity contribution in [3.05, 3.63) is 53.3 Å². The van der Waals surface area contributed by atoms with Crippen molar-refractivity contribution in [2.45, 2.75) is 54.5 Å². The monoisotopic (exact) mass is 434 g/mol. The molecule has 1 heterocycles. The molecule has 0 fully saturated rings. The number of rotatable bonds is 5. The van der Waals surface area contributed by atoms with Crippen molar-refractivity contribution < 1.29 is 37.4 Å². The number of benzene rings is 1. The fraction of sp³-hybridized carbons (Fsp3) is 0.476. The van der Waals surface area contributed by atoms with Crippen molar-refractivity contribution in [2.24, 2.45) is 5.92 Å². The fourth-order valence-electron chi connectivity index (χ4n) is 2.65. The molecule has 26 heavy (non-hydrogen) atoms. The van der Waals surface area contributed by atoms with Gasteiger partial charge in [0.2, 0.25) is 0 Å². The van der Waals surface area contributed by atoms with Crippen LogP contribution >= 0.6 is 0 Å². The standard InChI is InChI=1S/C18H24N2O2.C2H6.CH3.Y/c1-6-20-18(21)16(14-10-8-7-9-13(14)4)17(22-5)15(19-20)11-12(2)3;1-2;;/h7-10,12H,6,11H2,1-5H3;1-2H3;1H3;/q;;-1;. The molecule has 0 aliphatic rings. The molecule has 0 atom stereocenters. The molecule has 0 amide bonds. The molecular formula is C21H33N2O2Y-. The van der Waals surface area contributed by atoms with Crippen molar-refractivity contribution >= 4 is 0 Å². The summed E-state index contributed by atoms with van der Waals surface area (Å²) in [6.45, 7) is 12.8. The summed E-state index contributed by atoms with van der Waals surface area (Å²) in [4.78, 5) is 12.8. The Kier molecular flexibility index (Phi) is 13.8. The van der Waals surface area contributed by atoms with E-state index in [0.29, 0.717) is 23.8 Å². The van der Waals surface area contributed by atoms with Gasteiger partial charge in [0.05, 0.1) is 12.7 Å². The van der Waals surface area contributed by atoms with Crippen molar-refractivity contribution in [1.29, 1.82) is 0 Å². The van der Waals surface area contributed by atoms with E-state index >= 15 is 0 Å². The summed E-state index contributed by atoms with van der Waals surface area (Å²) in [6.07, 6.45) is 0.780. The normalized spacial score (nSPS) is 9.54. The minimum absolute atomic E-state index is 0. The Bertz CT molecular complexity index is 724. The van der Waals surface area contributed by atoms with Gasteiger partial charge in [-0.2, -0.15) is 5.10 Å². The van der Waals surface area contributed by atoms with E-state index in [2.05, 4.69) is 18.9 Å². The van der Waals surface area contributed by atoms with Crippen molar-refractivity contribution in [3.8, 4) is 16.9 Å². The Morgan fingerprint density at radius 1 is 1.19 bits per heavy atom. The molecule has 1 aromatic carbocycles. The maximum absolute atomic E-state index is 12.8. The van der Waals surface area contributed by atoms with Gasteiger partial charge < -0.3 is 12.2 Å². The number of aryl methyl sites for hydroxylation is 2. The van der Waals surface area contributed by atoms with E-state index in [9.17, 15) is 4.79 Å². The maximum Gasteiger partial charge on any atom is 0.278 e. The topological polar surface area (TPSA) is 44.1 Å². The predicted molar refractivity (Wildman–Crippen MR) is 107 cm³/mol. The predicted octanol–water partition coefficient (Wildman–Crippen LogP) is 4.92. The molecule has 4 nitrogen and oxygen atoms in total. The zero-order valence-corrected chi connectivity index (χ0v) is 20.4. The van der Waals surface area contributed by atoms with E-state index < -0.39 is 0 Å². The third-order valence-corrected chi connectivity index (χ3v) is 3.70. The van der Waals surface area contributed by atoms with Crippen LogP contribution in [0.2, 0.25) is 0 Å². The van der Waals surface area contributed by atoms with Gasteiger partial charge in [0.25, 0.3) is 5.56 Å². The number of hydrogen-bond acceptors (Lipinski definition) is 3. The number of methoxy groups -OCH3 is 1. The zero-order chi connectivity index (χ0) is 18.3. The Morgan fingerprint density at radius 3 is 2.23 bits per heavy atom. The number of hydrogen-bond donors (Lipinski definition) is 0. The second-order valence-electron chi connectivity index (χ2n) is 5.89. The van der Waals surface area contributed by atoms with Gasteiger partial charge in [0.1, 0.15) is 5.69 Å². The average Bonchev–Trinajstić information content (AvgIpc) is 2.58. The molecule has 2 aromatic rings. The fourth-order valence-corrected chi connectivity index (χ4v) is 2.65. The molecule has 0 spiro atoms. The van der Waals surface area contributed by atoms with Gasteiger partial charge in [-0.25, -0.2) is 4.68 Å². The molecular weight excluding hydrogens is 401 g/mol. The molecule has 0 bridgehead atoms. The molecule has 0 aliphatic carbocycles. The molecule has 0 N–H and O–H groups in total. The van der Waals surface area contributed by atoms with Crippen LogP contribution in [-0.4, -0.2) is 16.9 Å². The molecule has 5 heteroatoms. The Hall–Kier alpha value is -0.996. The molecule has 0 aliphatic heterocycles. The summed E-state index contributed by atoms with van der Waals surface area (Å²) >= 11 is 0. The van der Waals surface area contributed by atoms with Gasteiger partial charge in [0, 0.05) is 39.3 Å². The van der Waals surface area contributed by atoms with Crippen LogP contribution in [0.1, 0.15) is 45.9 Å². The first-order valence-electron chi connectivity index (χ1n) is 8.73. The van der Waals surface area contributed by atoms with E-state index in [4.69, 9.17) is 4.74 Å². The smallest absolute Gasteiger partial charge is 0.278 e. The van der Waals surface area contributed by atoms with Gasteiger partial charge in [0.15, 0.2) is 5.75 Å². The first kappa shape index (κ1) is 27.2. The van der Waals surface area contributed by atoms with Crippen LogP contribution in [0, 0.1) is 20.3 Å². The Morgan fingerprint density at radius 2 is 1.77 bits per heavy atom. The second-order valence-corrected chi connectivity index (χ2v) is 5.89. The van der Waals surface area contributed by atoms with Crippen molar-refractivity contribution in [2.75, 3.05) is 7.11 Å².